The third kappa shape index (κ3) is 4.24. The van der Waals surface area contributed by atoms with Crippen molar-refractivity contribution in [1.82, 2.24) is 9.78 Å². The number of alkyl halides is 3. The minimum atomic E-state index is -4.66. The van der Waals surface area contributed by atoms with Crippen molar-refractivity contribution in [2.75, 3.05) is 0 Å². The van der Waals surface area contributed by atoms with Gasteiger partial charge in [0.15, 0.2) is 11.3 Å². The highest BCUT2D eigenvalue weighted by atomic mass is 19.4. The highest BCUT2D eigenvalue weighted by Gasteiger charge is 2.48. The van der Waals surface area contributed by atoms with Crippen molar-refractivity contribution in [3.8, 4) is 0 Å². The summed E-state index contributed by atoms with van der Waals surface area (Å²) in [5.41, 5.74) is -3.71. The average molecular weight is 401 g/mol. The summed E-state index contributed by atoms with van der Waals surface area (Å²) >= 11 is 0. The van der Waals surface area contributed by atoms with Gasteiger partial charge in [0.25, 0.3) is 5.69 Å². The highest BCUT2D eigenvalue weighted by Crippen LogP contribution is 2.45. The van der Waals surface area contributed by atoms with Crippen LogP contribution in [-0.4, -0.2) is 26.0 Å². The monoisotopic (exact) mass is 401 g/mol. The van der Waals surface area contributed by atoms with Crippen molar-refractivity contribution >= 4 is 11.8 Å². The Morgan fingerprint density at radius 1 is 1.21 bits per heavy atom. The lowest BCUT2D eigenvalue weighted by Gasteiger charge is -2.43. The lowest BCUT2D eigenvalue weighted by Crippen LogP contribution is -2.47. The molecule has 11 heteroatoms. The molecule has 0 aliphatic rings. The number of carboxylic acid groups (broad SMARTS) is 1. The van der Waals surface area contributed by atoms with Gasteiger partial charge in [-0.05, 0) is 23.8 Å². The maximum Gasteiger partial charge on any atom is 0.506 e. The molecule has 0 fully saturated rings. The van der Waals surface area contributed by atoms with Gasteiger partial charge in [-0.15, -0.1) is 0 Å². The van der Waals surface area contributed by atoms with Crippen molar-refractivity contribution in [3.05, 3.63) is 57.9 Å². The van der Waals surface area contributed by atoms with Crippen LogP contribution < -0.4 is 0 Å². The van der Waals surface area contributed by atoms with E-state index >= 15 is 0 Å². The second-order valence-corrected chi connectivity index (χ2v) is 7.15. The van der Waals surface area contributed by atoms with E-state index in [0.29, 0.717) is 0 Å². The van der Waals surface area contributed by atoms with Crippen LogP contribution in [0.15, 0.2) is 36.5 Å². The van der Waals surface area contributed by atoms with E-state index in [1.54, 1.807) is 20.8 Å². The molecule has 8 nitrogen and oxygen atoms in total. The smallest absolute Gasteiger partial charge is 0.450 e. The van der Waals surface area contributed by atoms with Gasteiger partial charge in [0.2, 0.25) is 0 Å². The van der Waals surface area contributed by atoms with Crippen LogP contribution >= 0.6 is 0 Å². The van der Waals surface area contributed by atoms with Crippen LogP contribution in [-0.2, 0) is 23.1 Å². The van der Waals surface area contributed by atoms with Gasteiger partial charge in [-0.2, -0.15) is 18.3 Å². The number of halogens is 3. The minimum absolute atomic E-state index is 0.222. The Morgan fingerprint density at radius 3 is 2.18 bits per heavy atom. The number of carbonyl (C=O) groups is 1. The van der Waals surface area contributed by atoms with Crippen molar-refractivity contribution in [1.29, 1.82) is 0 Å². The predicted molar refractivity (Wildman–Crippen MR) is 90.6 cm³/mol. The number of nitro benzene ring substituents is 1. The summed E-state index contributed by atoms with van der Waals surface area (Å²) in [6, 6.07) is 5.75. The fourth-order valence-corrected chi connectivity index (χ4v) is 2.84. The fraction of sp³-hybridized carbons (Fsp3) is 0.412. The van der Waals surface area contributed by atoms with Crippen LogP contribution in [0.2, 0.25) is 0 Å². The Kier molecular flexibility index (Phi) is 5.40. The normalized spacial score (nSPS) is 14.4. The standard InChI is InChI=1S/C17H18F3N3O5/c1-15(2,3)16(28-14(24)25,11-4-6-12(7-5-11)23(26)27)10-22-9-8-13(21-22)17(18,19)20/h4-9H,10H2,1-3H3,(H,24,25)/t16-/m1/s1. The summed E-state index contributed by atoms with van der Waals surface area (Å²) in [6.45, 7) is 4.57. The molecule has 1 aromatic carbocycles. The molecule has 0 aliphatic heterocycles. The quantitative estimate of drug-likeness (QED) is 0.451. The van der Waals surface area contributed by atoms with Gasteiger partial charge < -0.3 is 9.84 Å². The van der Waals surface area contributed by atoms with Gasteiger partial charge in [0, 0.05) is 23.7 Å². The van der Waals surface area contributed by atoms with Gasteiger partial charge in [-0.3, -0.25) is 14.8 Å². The van der Waals surface area contributed by atoms with Crippen LogP contribution in [0, 0.1) is 15.5 Å². The summed E-state index contributed by atoms with van der Waals surface area (Å²) in [4.78, 5) is 21.7. The van der Waals surface area contributed by atoms with Crippen LogP contribution in [0.3, 0.4) is 0 Å². The number of aromatic nitrogens is 2. The number of nitrogens with zero attached hydrogens (tertiary/aromatic N) is 3. The first-order chi connectivity index (χ1) is 12.8. The Morgan fingerprint density at radius 2 is 1.79 bits per heavy atom. The molecular weight excluding hydrogens is 383 g/mol. The molecule has 2 rings (SSSR count). The van der Waals surface area contributed by atoms with Gasteiger partial charge in [0.1, 0.15) is 0 Å². The number of rotatable bonds is 5. The number of non-ortho nitro benzene ring substituents is 1. The number of ether oxygens (including phenoxy) is 1. The zero-order chi connectivity index (χ0) is 21.3. The van der Waals surface area contributed by atoms with E-state index < -0.39 is 34.0 Å². The molecule has 1 aromatic heterocycles. The van der Waals surface area contributed by atoms with Gasteiger partial charge in [-0.25, -0.2) is 4.79 Å². The molecule has 1 heterocycles. The first kappa shape index (κ1) is 21.2. The average Bonchev–Trinajstić information content (AvgIpc) is 3.01. The van der Waals surface area contributed by atoms with Gasteiger partial charge in [-0.1, -0.05) is 20.8 Å². The Bertz CT molecular complexity index is 871. The Hall–Kier alpha value is -3.11. The maximum atomic E-state index is 12.9. The van der Waals surface area contributed by atoms with Crippen LogP contribution in [0.4, 0.5) is 23.7 Å². The zero-order valence-electron chi connectivity index (χ0n) is 15.2. The van der Waals surface area contributed by atoms with E-state index in [2.05, 4.69) is 5.10 Å². The molecule has 1 N–H and O–H groups in total. The Balaban J connectivity index is 2.59. The lowest BCUT2D eigenvalue weighted by atomic mass is 9.71. The molecule has 0 saturated heterocycles. The molecule has 1 atom stereocenters. The van der Waals surface area contributed by atoms with E-state index in [-0.39, 0.29) is 17.8 Å². The topological polar surface area (TPSA) is 107 Å². The molecule has 0 unspecified atom stereocenters. The van der Waals surface area contributed by atoms with Crippen LogP contribution in [0.1, 0.15) is 32.0 Å². The largest absolute Gasteiger partial charge is 0.506 e. The summed E-state index contributed by atoms with van der Waals surface area (Å²) in [7, 11) is 0. The number of hydrogen-bond donors (Lipinski definition) is 1. The third-order valence-corrected chi connectivity index (χ3v) is 4.33. The predicted octanol–water partition coefficient (Wildman–Crippen LogP) is 4.45. The maximum absolute atomic E-state index is 12.9. The van der Waals surface area contributed by atoms with Crippen molar-refractivity contribution < 1.29 is 32.7 Å². The second-order valence-electron chi connectivity index (χ2n) is 7.15. The second kappa shape index (κ2) is 7.13. The highest BCUT2D eigenvalue weighted by molar-refractivity contribution is 5.58. The fourth-order valence-electron chi connectivity index (χ4n) is 2.84. The van der Waals surface area contributed by atoms with E-state index in [1.165, 1.54) is 24.3 Å². The van der Waals surface area contributed by atoms with Crippen molar-refractivity contribution in [3.63, 3.8) is 0 Å². The van der Waals surface area contributed by atoms with E-state index in [1.807, 2.05) is 0 Å². The molecule has 0 bridgehead atoms. The first-order valence-electron chi connectivity index (χ1n) is 8.04. The van der Waals surface area contributed by atoms with Crippen LogP contribution in [0.5, 0.6) is 0 Å². The SMILES string of the molecule is CC(C)(C)[C@](Cn1ccc(C(F)(F)F)n1)(OC(=O)O)c1ccc([N+](=O)[O-])cc1. The lowest BCUT2D eigenvalue weighted by molar-refractivity contribution is -0.384. The molecule has 152 valence electrons. The molecule has 0 radical (unpaired) electrons. The summed E-state index contributed by atoms with van der Waals surface area (Å²) in [6.07, 6.45) is -5.23. The number of nitro groups is 1. The number of hydrogen-bond acceptors (Lipinski definition) is 5. The van der Waals surface area contributed by atoms with Crippen molar-refractivity contribution in [2.24, 2.45) is 5.41 Å². The van der Waals surface area contributed by atoms with Crippen LogP contribution in [0.25, 0.3) is 0 Å². The zero-order valence-corrected chi connectivity index (χ0v) is 15.2. The third-order valence-electron chi connectivity index (χ3n) is 4.33. The van der Waals surface area contributed by atoms with Gasteiger partial charge >= 0.3 is 12.3 Å². The van der Waals surface area contributed by atoms with E-state index in [9.17, 15) is 33.2 Å². The summed E-state index contributed by atoms with van der Waals surface area (Å²) < 4.78 is 44.7. The molecule has 0 aliphatic carbocycles. The molecule has 2 aromatic rings. The Labute approximate surface area is 157 Å². The summed E-state index contributed by atoms with van der Waals surface area (Å²) in [5.74, 6) is 0. The summed E-state index contributed by atoms with van der Waals surface area (Å²) in [5, 5.41) is 23.6. The van der Waals surface area contributed by atoms with Crippen molar-refractivity contribution in [2.45, 2.75) is 39.1 Å². The molecular formula is C17H18F3N3O5. The molecule has 0 saturated carbocycles. The minimum Gasteiger partial charge on any atom is -0.450 e. The van der Waals surface area contributed by atoms with E-state index in [4.69, 9.17) is 4.74 Å². The molecule has 28 heavy (non-hydrogen) atoms. The number of benzene rings is 1. The molecule has 0 spiro atoms. The van der Waals surface area contributed by atoms with Gasteiger partial charge in [0.05, 0.1) is 11.5 Å². The molecule has 0 amide bonds. The van der Waals surface area contributed by atoms with E-state index in [0.717, 1.165) is 16.9 Å². The first-order valence-corrected chi connectivity index (χ1v) is 8.04.